The third-order valence-electron chi connectivity index (χ3n) is 9.25. The van der Waals surface area contributed by atoms with Gasteiger partial charge < -0.3 is 29.7 Å². The van der Waals surface area contributed by atoms with Crippen molar-refractivity contribution < 1.29 is 33.8 Å². The number of ether oxygens (including phenoxy) is 2. The molecule has 1 spiro atoms. The van der Waals surface area contributed by atoms with Crippen molar-refractivity contribution in [3.05, 3.63) is 61.2 Å². The second-order valence-electron chi connectivity index (χ2n) is 13.4. The lowest BCUT2D eigenvalue weighted by atomic mass is 9.70. The predicted molar refractivity (Wildman–Crippen MR) is 178 cm³/mol. The minimum Gasteiger partial charge on any atom is -0.463 e. The number of hydrogen-bond donors (Lipinski definition) is 2. The SMILES string of the molecule is C=CCCC(=O)OC[C@@H](NC(=O)[C@@H]1[C@H]2O[C@@]3(CC2Br)[C@H](C(=O)N(CC=C)C(C)(C)C)N(CCCCCO)C(=O)[C@@H]13)c1ccccc1. The topological polar surface area (TPSA) is 125 Å². The second-order valence-corrected chi connectivity index (χ2v) is 14.5. The largest absolute Gasteiger partial charge is 0.463 e. The first kappa shape index (κ1) is 35.8. The average Bonchev–Trinajstić information content (AvgIpc) is 3.61. The molecule has 3 amide bonds. The fourth-order valence-corrected chi connectivity index (χ4v) is 8.08. The summed E-state index contributed by atoms with van der Waals surface area (Å²) in [5.74, 6) is -3.03. The quantitative estimate of drug-likeness (QED) is 0.115. The van der Waals surface area contributed by atoms with Crippen LogP contribution in [0.2, 0.25) is 0 Å². The first-order valence-corrected chi connectivity index (χ1v) is 17.1. The molecule has 1 aromatic carbocycles. The molecule has 3 fully saturated rings. The molecule has 1 unspecified atom stereocenters. The molecule has 7 atom stereocenters. The van der Waals surface area contributed by atoms with Gasteiger partial charge in [-0.05, 0) is 58.4 Å². The minimum atomic E-state index is -1.20. The summed E-state index contributed by atoms with van der Waals surface area (Å²) >= 11 is 3.74. The van der Waals surface area contributed by atoms with Gasteiger partial charge in [-0.15, -0.1) is 13.2 Å². The Morgan fingerprint density at radius 3 is 2.54 bits per heavy atom. The highest BCUT2D eigenvalue weighted by molar-refractivity contribution is 9.09. The third kappa shape index (κ3) is 7.26. The lowest BCUT2D eigenvalue weighted by Gasteiger charge is -2.42. The fourth-order valence-electron chi connectivity index (χ4n) is 7.13. The van der Waals surface area contributed by atoms with Gasteiger partial charge in [0.2, 0.25) is 17.7 Å². The summed E-state index contributed by atoms with van der Waals surface area (Å²) in [5.41, 5.74) is -1.00. The van der Waals surface area contributed by atoms with Crippen LogP contribution in [-0.4, -0.2) is 93.0 Å². The number of nitrogens with zero attached hydrogens (tertiary/aromatic N) is 2. The maximum Gasteiger partial charge on any atom is 0.306 e. The molecular formula is C35H48BrN3O7. The van der Waals surface area contributed by atoms with Crippen molar-refractivity contribution in [1.29, 1.82) is 0 Å². The molecule has 252 valence electrons. The summed E-state index contributed by atoms with van der Waals surface area (Å²) in [6.07, 6.45) is 5.63. The molecule has 1 aromatic rings. The van der Waals surface area contributed by atoms with Gasteiger partial charge in [0.15, 0.2) is 0 Å². The second kappa shape index (κ2) is 15.3. The van der Waals surface area contributed by atoms with Crippen LogP contribution in [0.1, 0.15) is 70.9 Å². The molecule has 3 aliphatic rings. The highest BCUT2D eigenvalue weighted by Gasteiger charge is 2.76. The van der Waals surface area contributed by atoms with Crippen LogP contribution < -0.4 is 5.32 Å². The number of likely N-dealkylation sites (tertiary alicyclic amines) is 1. The van der Waals surface area contributed by atoms with Gasteiger partial charge >= 0.3 is 5.97 Å². The van der Waals surface area contributed by atoms with Crippen LogP contribution >= 0.6 is 15.9 Å². The van der Waals surface area contributed by atoms with Gasteiger partial charge in [-0.25, -0.2) is 0 Å². The summed E-state index contributed by atoms with van der Waals surface area (Å²) in [7, 11) is 0. The Bertz CT molecular complexity index is 1280. The number of rotatable bonds is 16. The van der Waals surface area contributed by atoms with E-state index in [1.54, 1.807) is 22.0 Å². The van der Waals surface area contributed by atoms with Gasteiger partial charge in [-0.2, -0.15) is 0 Å². The van der Waals surface area contributed by atoms with E-state index in [0.717, 1.165) is 5.56 Å². The summed E-state index contributed by atoms with van der Waals surface area (Å²) in [6, 6.07) is 7.66. The van der Waals surface area contributed by atoms with Crippen LogP contribution in [-0.2, 0) is 28.7 Å². The Balaban J connectivity index is 1.67. The van der Waals surface area contributed by atoms with E-state index in [4.69, 9.17) is 9.47 Å². The van der Waals surface area contributed by atoms with Crippen molar-refractivity contribution >= 4 is 39.6 Å². The van der Waals surface area contributed by atoms with Crippen LogP contribution in [0.25, 0.3) is 0 Å². The maximum absolute atomic E-state index is 14.5. The minimum absolute atomic E-state index is 0.0461. The van der Waals surface area contributed by atoms with Crippen LogP contribution in [0, 0.1) is 11.8 Å². The van der Waals surface area contributed by atoms with Crippen molar-refractivity contribution in [1.82, 2.24) is 15.1 Å². The van der Waals surface area contributed by atoms with Crippen molar-refractivity contribution in [3.8, 4) is 0 Å². The van der Waals surface area contributed by atoms with E-state index in [9.17, 15) is 24.3 Å². The van der Waals surface area contributed by atoms with E-state index >= 15 is 0 Å². The Kier molecular flexibility index (Phi) is 11.9. The van der Waals surface area contributed by atoms with Gasteiger partial charge in [0.25, 0.3) is 0 Å². The molecule has 3 aliphatic heterocycles. The average molecular weight is 703 g/mol. The highest BCUT2D eigenvalue weighted by Crippen LogP contribution is 2.60. The molecule has 46 heavy (non-hydrogen) atoms. The summed E-state index contributed by atoms with van der Waals surface area (Å²) < 4.78 is 12.2. The van der Waals surface area contributed by atoms with Crippen LogP contribution in [0.5, 0.6) is 0 Å². The number of halogens is 1. The summed E-state index contributed by atoms with van der Waals surface area (Å²) in [4.78, 5) is 58.6. The van der Waals surface area contributed by atoms with Crippen molar-refractivity contribution in [2.24, 2.45) is 11.8 Å². The zero-order chi connectivity index (χ0) is 33.6. The van der Waals surface area contributed by atoms with Gasteiger partial charge in [0, 0.05) is 36.5 Å². The number of aliphatic hydroxyl groups is 1. The first-order chi connectivity index (χ1) is 21.9. The molecule has 3 heterocycles. The van der Waals surface area contributed by atoms with Crippen molar-refractivity contribution in [2.75, 3.05) is 26.3 Å². The number of alkyl halides is 1. The number of carbonyl (C=O) groups is 4. The van der Waals surface area contributed by atoms with E-state index in [2.05, 4.69) is 34.4 Å². The zero-order valence-corrected chi connectivity index (χ0v) is 28.7. The molecule has 0 radical (unpaired) electrons. The molecule has 2 bridgehead atoms. The first-order valence-electron chi connectivity index (χ1n) is 16.2. The summed E-state index contributed by atoms with van der Waals surface area (Å²) in [6.45, 7) is 13.9. The fraction of sp³-hybridized carbons (Fsp3) is 0.600. The number of benzene rings is 1. The third-order valence-corrected chi connectivity index (χ3v) is 10.1. The van der Waals surface area contributed by atoms with Crippen LogP contribution in [0.15, 0.2) is 55.6 Å². The Morgan fingerprint density at radius 2 is 1.91 bits per heavy atom. The lowest BCUT2D eigenvalue weighted by Crippen LogP contribution is -2.60. The van der Waals surface area contributed by atoms with Gasteiger partial charge in [-0.3, -0.25) is 19.2 Å². The monoisotopic (exact) mass is 701 g/mol. The predicted octanol–water partition coefficient (Wildman–Crippen LogP) is 4.08. The lowest BCUT2D eigenvalue weighted by molar-refractivity contribution is -0.151. The van der Waals surface area contributed by atoms with Crippen LogP contribution in [0.3, 0.4) is 0 Å². The molecular weight excluding hydrogens is 654 g/mol. The van der Waals surface area contributed by atoms with Gasteiger partial charge in [0.1, 0.15) is 18.2 Å². The summed E-state index contributed by atoms with van der Waals surface area (Å²) in [5, 5.41) is 12.4. The smallest absolute Gasteiger partial charge is 0.306 e. The maximum atomic E-state index is 14.5. The van der Waals surface area contributed by atoms with E-state index in [1.165, 1.54) is 0 Å². The van der Waals surface area contributed by atoms with Crippen LogP contribution in [0.4, 0.5) is 0 Å². The number of unbranched alkanes of at least 4 members (excludes halogenated alkanes) is 2. The van der Waals surface area contributed by atoms with Gasteiger partial charge in [0.05, 0.1) is 24.0 Å². The standard InChI is InChI=1S/C35H48BrN3O7/c1-6-8-17-26(41)45-22-25(23-15-11-9-12-16-23)37-31(42)27-28-32(43)38(19-13-10-14-20-40)30(35(28)21-24(36)29(27)46-35)33(44)39(18-7-2)34(3,4)5/h6-7,9,11-12,15-16,24-25,27-30,40H,1-2,8,10,13-14,17-22H2,3-5H3,(H,37,42)/t24?,25-,27+,28-,29+,30+,35-/m1/s1. The number of allylic oxidation sites excluding steroid dienone is 1. The number of hydrogen-bond acceptors (Lipinski definition) is 7. The molecule has 3 saturated heterocycles. The number of carbonyl (C=O) groups excluding carboxylic acids is 4. The Hall–Kier alpha value is -3.02. The molecule has 0 aromatic heterocycles. The molecule has 2 N–H and O–H groups in total. The number of aliphatic hydroxyl groups excluding tert-OH is 1. The number of fused-ring (bicyclic) bond motifs is 1. The highest BCUT2D eigenvalue weighted by atomic mass is 79.9. The Morgan fingerprint density at radius 1 is 1.20 bits per heavy atom. The van der Waals surface area contributed by atoms with Crippen molar-refractivity contribution in [3.63, 3.8) is 0 Å². The number of esters is 1. The van der Waals surface area contributed by atoms with E-state index in [0.29, 0.717) is 45.2 Å². The molecule has 4 rings (SSSR count). The normalized spacial score (nSPS) is 27.2. The molecule has 10 nitrogen and oxygen atoms in total. The van der Waals surface area contributed by atoms with E-state index in [1.807, 2.05) is 51.1 Å². The molecule has 0 saturated carbocycles. The van der Waals surface area contributed by atoms with Gasteiger partial charge in [-0.1, -0.05) is 58.4 Å². The number of amides is 3. The van der Waals surface area contributed by atoms with E-state index in [-0.39, 0.29) is 36.3 Å². The number of nitrogens with one attached hydrogen (secondary N) is 1. The molecule has 0 aliphatic carbocycles. The Labute approximate surface area is 280 Å². The van der Waals surface area contributed by atoms with Crippen molar-refractivity contribution in [2.45, 2.75) is 93.5 Å². The molecule has 11 heteroatoms. The van der Waals surface area contributed by atoms with E-state index < -0.39 is 53.0 Å². The zero-order valence-electron chi connectivity index (χ0n) is 27.2.